The molecule has 1 saturated heterocycles. The lowest BCUT2D eigenvalue weighted by Crippen LogP contribution is -2.45. The zero-order valence-corrected chi connectivity index (χ0v) is 15.7. The molecule has 1 fully saturated rings. The molecule has 0 bridgehead atoms. The summed E-state index contributed by atoms with van der Waals surface area (Å²) in [4.78, 5) is 30.1. The van der Waals surface area contributed by atoms with E-state index in [-0.39, 0.29) is 13.0 Å². The van der Waals surface area contributed by atoms with Crippen LogP contribution in [0.15, 0.2) is 16.7 Å². The van der Waals surface area contributed by atoms with Crippen molar-refractivity contribution in [3.05, 3.63) is 22.3 Å². The Morgan fingerprint density at radius 2 is 2.08 bits per heavy atom. The second-order valence-corrected chi connectivity index (χ2v) is 7.58. The number of carbonyl (C=O) groups is 2. The number of aromatic nitrogens is 1. The first kappa shape index (κ1) is 18.6. The van der Waals surface area contributed by atoms with Crippen LogP contribution >= 0.6 is 15.9 Å². The van der Waals surface area contributed by atoms with Gasteiger partial charge in [-0.25, -0.2) is 14.2 Å². The van der Waals surface area contributed by atoms with Gasteiger partial charge in [-0.15, -0.1) is 0 Å². The van der Waals surface area contributed by atoms with Gasteiger partial charge in [-0.3, -0.25) is 9.69 Å². The predicted octanol–water partition coefficient (Wildman–Crippen LogP) is 3.44. The molecule has 8 heteroatoms. The Hall–Kier alpha value is -1.70. The molecule has 1 aliphatic heterocycles. The van der Waals surface area contributed by atoms with Crippen LogP contribution in [0.1, 0.15) is 32.8 Å². The van der Waals surface area contributed by atoms with Crippen LogP contribution in [-0.4, -0.2) is 46.2 Å². The van der Waals surface area contributed by atoms with Crippen LogP contribution in [0.3, 0.4) is 0 Å². The summed E-state index contributed by atoms with van der Waals surface area (Å²) >= 11 is 3.24. The van der Waals surface area contributed by atoms with Crippen LogP contribution in [0.4, 0.5) is 15.0 Å². The number of nitrogens with zero attached hydrogens (tertiary/aromatic N) is 2. The second kappa shape index (κ2) is 7.04. The highest BCUT2D eigenvalue weighted by Crippen LogP contribution is 2.25. The lowest BCUT2D eigenvalue weighted by Gasteiger charge is -2.27. The van der Waals surface area contributed by atoms with Crippen LogP contribution in [0.5, 0.6) is 0 Å². The van der Waals surface area contributed by atoms with Crippen molar-refractivity contribution in [1.29, 1.82) is 0 Å². The van der Waals surface area contributed by atoms with Crippen LogP contribution in [0, 0.1) is 6.92 Å². The van der Waals surface area contributed by atoms with Gasteiger partial charge in [-0.05, 0) is 55.3 Å². The minimum Gasteiger partial charge on any atom is -0.444 e. The number of nitrogens with one attached hydrogen (secondary N) is 1. The average Bonchev–Trinajstić information content (AvgIpc) is 2.83. The van der Waals surface area contributed by atoms with Crippen molar-refractivity contribution in [3.8, 4) is 0 Å². The molecule has 1 aromatic rings. The summed E-state index contributed by atoms with van der Waals surface area (Å²) in [6.07, 6.45) is -2.01. The lowest BCUT2D eigenvalue weighted by molar-refractivity contribution is -0.120. The normalized spacial score (nSPS) is 20.8. The van der Waals surface area contributed by atoms with E-state index < -0.39 is 29.8 Å². The molecule has 0 saturated carbocycles. The van der Waals surface area contributed by atoms with Crippen molar-refractivity contribution in [2.75, 3.05) is 11.9 Å². The number of aryl methyl sites for hydroxylation is 1. The van der Waals surface area contributed by atoms with Gasteiger partial charge >= 0.3 is 6.09 Å². The number of rotatable bonds is 2. The van der Waals surface area contributed by atoms with Gasteiger partial charge in [0.05, 0.1) is 6.54 Å². The smallest absolute Gasteiger partial charge is 0.411 e. The molecule has 1 aliphatic rings. The van der Waals surface area contributed by atoms with E-state index in [0.29, 0.717) is 10.4 Å². The molecule has 24 heavy (non-hydrogen) atoms. The highest BCUT2D eigenvalue weighted by atomic mass is 79.9. The highest BCUT2D eigenvalue weighted by Gasteiger charge is 2.41. The molecule has 2 heterocycles. The van der Waals surface area contributed by atoms with E-state index in [1.54, 1.807) is 39.8 Å². The quantitative estimate of drug-likeness (QED) is 0.770. The van der Waals surface area contributed by atoms with Gasteiger partial charge in [0.25, 0.3) is 0 Å². The standard InChI is InChI=1S/C16H21BrFN3O3/c1-9-5-6-12(17)19-13(9)20-14(22)11-7-10(18)8-21(11)15(23)24-16(2,3)4/h5-6,10-11H,7-8H2,1-4H3,(H,19,20,22)/t10-,11+/m1/s1. The minimum atomic E-state index is -1.26. The predicted molar refractivity (Wildman–Crippen MR) is 91.5 cm³/mol. The van der Waals surface area contributed by atoms with Gasteiger partial charge in [0.15, 0.2) is 0 Å². The Morgan fingerprint density at radius 3 is 2.71 bits per heavy atom. The summed E-state index contributed by atoms with van der Waals surface area (Å²) in [5, 5.41) is 2.67. The fourth-order valence-electron chi connectivity index (χ4n) is 2.39. The van der Waals surface area contributed by atoms with Crippen molar-refractivity contribution < 1.29 is 18.7 Å². The number of hydrogen-bond acceptors (Lipinski definition) is 4. The molecule has 0 spiro atoms. The van der Waals surface area contributed by atoms with Crippen molar-refractivity contribution in [2.45, 2.75) is 51.9 Å². The number of alkyl halides is 1. The first-order valence-corrected chi connectivity index (χ1v) is 8.44. The third-order valence-corrected chi connectivity index (χ3v) is 3.93. The fraction of sp³-hybridized carbons (Fsp3) is 0.562. The minimum absolute atomic E-state index is 0.0574. The molecular formula is C16H21BrFN3O3. The summed E-state index contributed by atoms with van der Waals surface area (Å²) in [5.74, 6) is -0.101. The van der Waals surface area contributed by atoms with Crippen molar-refractivity contribution >= 4 is 33.7 Å². The van der Waals surface area contributed by atoms with E-state index in [1.165, 1.54) is 0 Å². The molecule has 2 amide bonds. The monoisotopic (exact) mass is 401 g/mol. The van der Waals surface area contributed by atoms with Crippen molar-refractivity contribution in [1.82, 2.24) is 9.88 Å². The molecule has 0 aromatic carbocycles. The van der Waals surface area contributed by atoms with E-state index in [0.717, 1.165) is 10.5 Å². The average molecular weight is 402 g/mol. The fourth-order valence-corrected chi connectivity index (χ4v) is 2.70. The molecule has 0 aliphatic carbocycles. The Morgan fingerprint density at radius 1 is 1.42 bits per heavy atom. The van der Waals surface area contributed by atoms with Crippen LogP contribution in [-0.2, 0) is 9.53 Å². The Labute approximate surface area is 148 Å². The molecule has 2 rings (SSSR count). The van der Waals surface area contributed by atoms with Crippen molar-refractivity contribution in [2.24, 2.45) is 0 Å². The van der Waals surface area contributed by atoms with E-state index in [4.69, 9.17) is 4.74 Å². The Balaban J connectivity index is 2.14. The summed E-state index contributed by atoms with van der Waals surface area (Å²) in [5.41, 5.74) is 0.0553. The topological polar surface area (TPSA) is 71.5 Å². The first-order chi connectivity index (χ1) is 11.1. The molecule has 132 valence electrons. The van der Waals surface area contributed by atoms with E-state index in [2.05, 4.69) is 26.2 Å². The SMILES string of the molecule is Cc1ccc(Br)nc1NC(=O)[C@@H]1C[C@@H](F)CN1C(=O)OC(C)(C)C. The number of carbonyl (C=O) groups excluding carboxylic acids is 2. The third-order valence-electron chi connectivity index (χ3n) is 3.49. The van der Waals surface area contributed by atoms with Gasteiger partial charge in [-0.2, -0.15) is 0 Å². The summed E-state index contributed by atoms with van der Waals surface area (Å²) in [6.45, 7) is 6.80. The lowest BCUT2D eigenvalue weighted by atomic mass is 10.2. The molecule has 2 atom stereocenters. The molecule has 0 radical (unpaired) electrons. The number of anilines is 1. The number of amides is 2. The highest BCUT2D eigenvalue weighted by molar-refractivity contribution is 9.10. The zero-order valence-electron chi connectivity index (χ0n) is 14.1. The molecule has 1 N–H and O–H groups in total. The molecule has 1 aromatic heterocycles. The summed E-state index contributed by atoms with van der Waals surface area (Å²) in [7, 11) is 0. The number of likely N-dealkylation sites (tertiary alicyclic amines) is 1. The number of pyridine rings is 1. The van der Waals surface area contributed by atoms with Gasteiger partial charge < -0.3 is 10.1 Å². The third kappa shape index (κ3) is 4.66. The number of hydrogen-bond donors (Lipinski definition) is 1. The van der Waals surface area contributed by atoms with E-state index >= 15 is 0 Å². The maximum absolute atomic E-state index is 13.8. The Bertz CT molecular complexity index is 648. The molecule has 6 nitrogen and oxygen atoms in total. The summed E-state index contributed by atoms with van der Waals surface area (Å²) in [6, 6.07) is 2.63. The zero-order chi connectivity index (χ0) is 18.1. The van der Waals surface area contributed by atoms with Crippen LogP contribution < -0.4 is 5.32 Å². The first-order valence-electron chi connectivity index (χ1n) is 7.64. The largest absolute Gasteiger partial charge is 0.444 e. The van der Waals surface area contributed by atoms with Crippen LogP contribution in [0.2, 0.25) is 0 Å². The van der Waals surface area contributed by atoms with Crippen molar-refractivity contribution in [3.63, 3.8) is 0 Å². The molecule has 0 unspecified atom stereocenters. The summed E-state index contributed by atoms with van der Waals surface area (Å²) < 4.78 is 19.6. The van der Waals surface area contributed by atoms with Gasteiger partial charge in [-0.1, -0.05) is 6.07 Å². The van der Waals surface area contributed by atoms with Crippen LogP contribution in [0.25, 0.3) is 0 Å². The maximum atomic E-state index is 13.8. The second-order valence-electron chi connectivity index (χ2n) is 6.77. The maximum Gasteiger partial charge on any atom is 0.411 e. The van der Waals surface area contributed by atoms with E-state index in [1.807, 2.05) is 0 Å². The van der Waals surface area contributed by atoms with Gasteiger partial charge in [0.1, 0.15) is 28.2 Å². The van der Waals surface area contributed by atoms with Gasteiger partial charge in [0, 0.05) is 6.42 Å². The Kier molecular flexibility index (Phi) is 5.47. The molecular weight excluding hydrogens is 381 g/mol. The number of ether oxygens (including phenoxy) is 1. The van der Waals surface area contributed by atoms with E-state index in [9.17, 15) is 14.0 Å². The van der Waals surface area contributed by atoms with Gasteiger partial charge in [0.2, 0.25) is 5.91 Å². The number of halogens is 2.